The molecule has 116 valence electrons. The van der Waals surface area contributed by atoms with Gasteiger partial charge in [-0.15, -0.1) is 6.58 Å². The molecule has 1 atom stereocenters. The maximum atomic E-state index is 12.2. The third-order valence-electron chi connectivity index (χ3n) is 2.99. The second kappa shape index (κ2) is 7.63. The molecule has 0 aliphatic rings. The van der Waals surface area contributed by atoms with E-state index in [9.17, 15) is 8.42 Å². The van der Waals surface area contributed by atoms with Crippen molar-refractivity contribution in [1.29, 1.82) is 0 Å². The molecule has 2 rings (SSSR count). The smallest absolute Gasteiger partial charge is 0.208 e. The average molecular weight is 333 g/mol. The summed E-state index contributed by atoms with van der Waals surface area (Å²) in [7, 11) is -3.48. The van der Waals surface area contributed by atoms with Crippen LogP contribution in [-0.4, -0.2) is 14.5 Å². The zero-order valence-corrected chi connectivity index (χ0v) is 14.0. The Morgan fingerprint density at radius 3 is 2.27 bits per heavy atom. The SMILES string of the molecule is C=CCC(C)NS(=O)(=O)c1ccc(Sc2ccccc2)cc1. The summed E-state index contributed by atoms with van der Waals surface area (Å²) in [6.07, 6.45) is 2.30. The maximum absolute atomic E-state index is 12.2. The number of benzene rings is 2. The minimum atomic E-state index is -3.48. The summed E-state index contributed by atoms with van der Waals surface area (Å²) < 4.78 is 27.1. The van der Waals surface area contributed by atoms with Crippen LogP contribution in [0.15, 0.2) is 81.9 Å². The first-order valence-electron chi connectivity index (χ1n) is 6.97. The minimum absolute atomic E-state index is 0.166. The molecule has 0 bridgehead atoms. The molecule has 0 saturated heterocycles. The molecule has 3 nitrogen and oxygen atoms in total. The quantitative estimate of drug-likeness (QED) is 0.777. The maximum Gasteiger partial charge on any atom is 0.240 e. The Kier molecular flexibility index (Phi) is 5.83. The molecular weight excluding hydrogens is 314 g/mol. The number of hydrogen-bond donors (Lipinski definition) is 1. The third-order valence-corrected chi connectivity index (χ3v) is 5.61. The van der Waals surface area contributed by atoms with Crippen LogP contribution < -0.4 is 4.72 Å². The molecule has 2 aromatic rings. The van der Waals surface area contributed by atoms with Crippen molar-refractivity contribution in [3.63, 3.8) is 0 Å². The van der Waals surface area contributed by atoms with Gasteiger partial charge in [-0.05, 0) is 49.7 Å². The lowest BCUT2D eigenvalue weighted by molar-refractivity contribution is 0.562. The molecular formula is C17H19NO2S2. The van der Waals surface area contributed by atoms with E-state index in [1.807, 2.05) is 49.4 Å². The van der Waals surface area contributed by atoms with Crippen LogP contribution in [0.4, 0.5) is 0 Å². The number of rotatable bonds is 7. The summed E-state index contributed by atoms with van der Waals surface area (Å²) in [5, 5.41) is 0. The summed E-state index contributed by atoms with van der Waals surface area (Å²) in [4.78, 5) is 2.40. The normalized spacial score (nSPS) is 12.8. The summed E-state index contributed by atoms with van der Waals surface area (Å²) >= 11 is 1.60. The van der Waals surface area contributed by atoms with Gasteiger partial charge in [0.05, 0.1) is 4.90 Å². The van der Waals surface area contributed by atoms with E-state index in [0.717, 1.165) is 9.79 Å². The highest BCUT2D eigenvalue weighted by molar-refractivity contribution is 7.99. The van der Waals surface area contributed by atoms with E-state index in [-0.39, 0.29) is 10.9 Å². The lowest BCUT2D eigenvalue weighted by atomic mass is 10.3. The first-order chi connectivity index (χ1) is 10.5. The Labute approximate surface area is 136 Å². The van der Waals surface area contributed by atoms with Gasteiger partial charge in [-0.25, -0.2) is 13.1 Å². The Morgan fingerprint density at radius 1 is 1.09 bits per heavy atom. The monoisotopic (exact) mass is 333 g/mol. The van der Waals surface area contributed by atoms with Crippen LogP contribution in [0.1, 0.15) is 13.3 Å². The van der Waals surface area contributed by atoms with E-state index < -0.39 is 10.0 Å². The number of sulfonamides is 1. The summed E-state index contributed by atoms with van der Waals surface area (Å²) in [6, 6.07) is 16.7. The average Bonchev–Trinajstić information content (AvgIpc) is 2.48. The van der Waals surface area contributed by atoms with Gasteiger partial charge < -0.3 is 0 Å². The molecule has 1 N–H and O–H groups in total. The van der Waals surface area contributed by atoms with Crippen molar-refractivity contribution in [2.45, 2.75) is 34.1 Å². The topological polar surface area (TPSA) is 46.2 Å². The van der Waals surface area contributed by atoms with Crippen LogP contribution >= 0.6 is 11.8 Å². The lowest BCUT2D eigenvalue weighted by Gasteiger charge is -2.12. The fourth-order valence-electron chi connectivity index (χ4n) is 1.94. The van der Waals surface area contributed by atoms with Crippen molar-refractivity contribution >= 4 is 21.8 Å². The van der Waals surface area contributed by atoms with Crippen LogP contribution in [0.25, 0.3) is 0 Å². The molecule has 0 heterocycles. The highest BCUT2D eigenvalue weighted by Crippen LogP contribution is 2.28. The molecule has 22 heavy (non-hydrogen) atoms. The van der Waals surface area contributed by atoms with E-state index in [4.69, 9.17) is 0 Å². The molecule has 0 aromatic heterocycles. The fraction of sp³-hybridized carbons (Fsp3) is 0.176. The predicted molar refractivity (Wildman–Crippen MR) is 91.6 cm³/mol. The third kappa shape index (κ3) is 4.73. The van der Waals surface area contributed by atoms with Gasteiger partial charge in [0.1, 0.15) is 0 Å². The van der Waals surface area contributed by atoms with Gasteiger partial charge in [0.25, 0.3) is 0 Å². The van der Waals surface area contributed by atoms with E-state index in [1.165, 1.54) is 0 Å². The molecule has 0 saturated carbocycles. The lowest BCUT2D eigenvalue weighted by Crippen LogP contribution is -2.32. The largest absolute Gasteiger partial charge is 0.240 e. The van der Waals surface area contributed by atoms with Gasteiger partial charge in [0.2, 0.25) is 10.0 Å². The Hall–Kier alpha value is -1.56. The second-order valence-corrected chi connectivity index (χ2v) is 7.79. The highest BCUT2D eigenvalue weighted by Gasteiger charge is 2.16. The van der Waals surface area contributed by atoms with Crippen LogP contribution in [0.5, 0.6) is 0 Å². The standard InChI is InChI=1S/C17H19NO2S2/c1-3-7-14(2)18-22(19,20)17-12-10-16(11-13-17)21-15-8-5-4-6-9-15/h3-6,8-14,18H,1,7H2,2H3. The summed E-state index contributed by atoms with van der Waals surface area (Å²) in [5.74, 6) is 0. The molecule has 0 aliphatic carbocycles. The summed E-state index contributed by atoms with van der Waals surface area (Å²) in [5.41, 5.74) is 0. The van der Waals surface area contributed by atoms with Crippen molar-refractivity contribution in [3.8, 4) is 0 Å². The zero-order chi connectivity index (χ0) is 16.0. The van der Waals surface area contributed by atoms with Crippen molar-refractivity contribution in [3.05, 3.63) is 67.3 Å². The van der Waals surface area contributed by atoms with Crippen molar-refractivity contribution < 1.29 is 8.42 Å². The van der Waals surface area contributed by atoms with Crippen LogP contribution in [0.3, 0.4) is 0 Å². The minimum Gasteiger partial charge on any atom is -0.208 e. The Bertz CT molecular complexity index is 710. The summed E-state index contributed by atoms with van der Waals surface area (Å²) in [6.45, 7) is 5.44. The highest BCUT2D eigenvalue weighted by atomic mass is 32.2. The molecule has 0 spiro atoms. The van der Waals surface area contributed by atoms with Gasteiger partial charge in [-0.1, -0.05) is 36.0 Å². The fourth-order valence-corrected chi connectivity index (χ4v) is 4.04. The molecule has 0 radical (unpaired) electrons. The van der Waals surface area contributed by atoms with E-state index in [1.54, 1.807) is 30.0 Å². The van der Waals surface area contributed by atoms with Crippen LogP contribution in [0, 0.1) is 0 Å². The van der Waals surface area contributed by atoms with Crippen LogP contribution in [-0.2, 0) is 10.0 Å². The molecule has 0 amide bonds. The first-order valence-corrected chi connectivity index (χ1v) is 9.27. The van der Waals surface area contributed by atoms with Crippen molar-refractivity contribution in [2.75, 3.05) is 0 Å². The first kappa shape index (κ1) is 16.8. The second-order valence-electron chi connectivity index (χ2n) is 4.93. The van der Waals surface area contributed by atoms with Crippen molar-refractivity contribution in [1.82, 2.24) is 4.72 Å². The van der Waals surface area contributed by atoms with Gasteiger partial charge in [0, 0.05) is 15.8 Å². The number of hydrogen-bond acceptors (Lipinski definition) is 3. The Balaban J connectivity index is 2.09. The van der Waals surface area contributed by atoms with Crippen LogP contribution in [0.2, 0.25) is 0 Å². The van der Waals surface area contributed by atoms with E-state index >= 15 is 0 Å². The number of nitrogens with one attached hydrogen (secondary N) is 1. The molecule has 5 heteroatoms. The molecule has 1 unspecified atom stereocenters. The van der Waals surface area contributed by atoms with Crippen molar-refractivity contribution in [2.24, 2.45) is 0 Å². The van der Waals surface area contributed by atoms with E-state index in [0.29, 0.717) is 6.42 Å². The molecule has 0 aliphatic heterocycles. The van der Waals surface area contributed by atoms with Gasteiger partial charge in [0.15, 0.2) is 0 Å². The molecule has 2 aromatic carbocycles. The van der Waals surface area contributed by atoms with E-state index in [2.05, 4.69) is 11.3 Å². The van der Waals surface area contributed by atoms with Gasteiger partial charge >= 0.3 is 0 Å². The van der Waals surface area contributed by atoms with Gasteiger partial charge in [-0.2, -0.15) is 0 Å². The molecule has 0 fully saturated rings. The van der Waals surface area contributed by atoms with Gasteiger partial charge in [-0.3, -0.25) is 0 Å². The Morgan fingerprint density at radius 2 is 1.68 bits per heavy atom. The predicted octanol–water partition coefficient (Wildman–Crippen LogP) is 4.08. The zero-order valence-electron chi connectivity index (χ0n) is 12.4.